The van der Waals surface area contributed by atoms with Crippen molar-refractivity contribution in [3.05, 3.63) is 29.8 Å². The summed E-state index contributed by atoms with van der Waals surface area (Å²) in [4.78, 5) is 2.39. The van der Waals surface area contributed by atoms with Crippen molar-refractivity contribution < 1.29 is 9.47 Å². The fraction of sp³-hybridized carbons (Fsp3) is 0.647. The summed E-state index contributed by atoms with van der Waals surface area (Å²) in [6, 6.07) is 8.65. The molecule has 0 unspecified atom stereocenters. The maximum Gasteiger partial charge on any atom is 0.0587 e. The summed E-state index contributed by atoms with van der Waals surface area (Å²) in [5, 5.41) is 3.43. The fourth-order valence-electron chi connectivity index (χ4n) is 2.84. The Labute approximate surface area is 128 Å². The van der Waals surface area contributed by atoms with Gasteiger partial charge in [-0.3, -0.25) is 0 Å². The Kier molecular flexibility index (Phi) is 7.00. The van der Waals surface area contributed by atoms with Gasteiger partial charge in [-0.2, -0.15) is 0 Å². The van der Waals surface area contributed by atoms with Gasteiger partial charge in [0, 0.05) is 52.7 Å². The molecule has 1 aromatic rings. The van der Waals surface area contributed by atoms with E-state index in [1.165, 1.54) is 24.1 Å². The van der Waals surface area contributed by atoms with Crippen molar-refractivity contribution >= 4 is 5.69 Å². The highest BCUT2D eigenvalue weighted by atomic mass is 16.5. The largest absolute Gasteiger partial charge is 0.383 e. The number of benzene rings is 1. The van der Waals surface area contributed by atoms with Crippen molar-refractivity contribution in [1.29, 1.82) is 0 Å². The zero-order valence-corrected chi connectivity index (χ0v) is 13.3. The Bertz CT molecular complexity index is 406. The third-order valence-electron chi connectivity index (χ3n) is 4.07. The van der Waals surface area contributed by atoms with E-state index in [2.05, 4.69) is 41.5 Å². The number of nitrogens with one attached hydrogen (secondary N) is 1. The molecule has 0 bridgehead atoms. The van der Waals surface area contributed by atoms with Crippen LogP contribution in [0.3, 0.4) is 0 Å². The molecular formula is C17H28N2O2. The van der Waals surface area contributed by atoms with Crippen LogP contribution in [0.2, 0.25) is 0 Å². The third kappa shape index (κ3) is 5.30. The van der Waals surface area contributed by atoms with Crippen molar-refractivity contribution in [2.24, 2.45) is 5.92 Å². The van der Waals surface area contributed by atoms with Crippen LogP contribution in [0, 0.1) is 5.92 Å². The molecule has 118 valence electrons. The van der Waals surface area contributed by atoms with Crippen LogP contribution >= 0.6 is 0 Å². The van der Waals surface area contributed by atoms with Gasteiger partial charge >= 0.3 is 0 Å². The van der Waals surface area contributed by atoms with E-state index in [1.54, 1.807) is 7.11 Å². The second-order valence-corrected chi connectivity index (χ2v) is 5.73. The van der Waals surface area contributed by atoms with Gasteiger partial charge in [0.2, 0.25) is 0 Å². The molecule has 0 aliphatic carbocycles. The number of nitrogens with zero attached hydrogens (tertiary/aromatic N) is 1. The van der Waals surface area contributed by atoms with Gasteiger partial charge in [-0.15, -0.1) is 0 Å². The van der Waals surface area contributed by atoms with Gasteiger partial charge in [0.25, 0.3) is 0 Å². The standard InChI is InChI=1S/C17H28N2O2/c1-19(14-15-7-10-21-11-8-15)17-6-4-3-5-16(17)13-18-9-12-20-2/h3-6,15,18H,7-14H2,1-2H3. The lowest BCUT2D eigenvalue weighted by molar-refractivity contribution is 0.0685. The van der Waals surface area contributed by atoms with Crippen molar-refractivity contribution in [3.63, 3.8) is 0 Å². The monoisotopic (exact) mass is 292 g/mol. The number of methoxy groups -OCH3 is 1. The van der Waals surface area contributed by atoms with Crippen molar-refractivity contribution in [2.75, 3.05) is 52.0 Å². The minimum absolute atomic E-state index is 0.748. The van der Waals surface area contributed by atoms with Crippen molar-refractivity contribution in [1.82, 2.24) is 5.32 Å². The molecular weight excluding hydrogens is 264 g/mol. The first-order chi connectivity index (χ1) is 10.3. The van der Waals surface area contributed by atoms with E-state index in [0.717, 1.165) is 45.4 Å². The molecule has 1 N–H and O–H groups in total. The maximum atomic E-state index is 5.45. The normalized spacial score (nSPS) is 16.1. The highest BCUT2D eigenvalue weighted by Crippen LogP contribution is 2.23. The van der Waals surface area contributed by atoms with Crippen LogP contribution in [0.4, 0.5) is 5.69 Å². The van der Waals surface area contributed by atoms with Crippen LogP contribution in [0.15, 0.2) is 24.3 Å². The summed E-state index contributed by atoms with van der Waals surface area (Å²) >= 11 is 0. The number of hydrogen-bond donors (Lipinski definition) is 1. The number of para-hydroxylation sites is 1. The SMILES string of the molecule is COCCNCc1ccccc1N(C)CC1CCOCC1. The average molecular weight is 292 g/mol. The maximum absolute atomic E-state index is 5.45. The summed E-state index contributed by atoms with van der Waals surface area (Å²) in [6.07, 6.45) is 2.36. The molecule has 0 aromatic heterocycles. The quantitative estimate of drug-likeness (QED) is 0.745. The molecule has 1 heterocycles. The van der Waals surface area contributed by atoms with E-state index in [1.807, 2.05) is 0 Å². The lowest BCUT2D eigenvalue weighted by atomic mass is 9.99. The van der Waals surface area contributed by atoms with Crippen LogP contribution in [0.5, 0.6) is 0 Å². The lowest BCUT2D eigenvalue weighted by Gasteiger charge is -2.29. The second-order valence-electron chi connectivity index (χ2n) is 5.73. The Morgan fingerprint density at radius 1 is 1.29 bits per heavy atom. The summed E-state index contributed by atoms with van der Waals surface area (Å²) in [6.45, 7) is 5.46. The lowest BCUT2D eigenvalue weighted by Crippen LogP contribution is -2.30. The van der Waals surface area contributed by atoms with Crippen LogP contribution < -0.4 is 10.2 Å². The molecule has 1 aromatic carbocycles. The Hall–Kier alpha value is -1.10. The molecule has 0 spiro atoms. The summed E-state index contributed by atoms with van der Waals surface area (Å²) in [5.74, 6) is 0.748. The number of anilines is 1. The van der Waals surface area contributed by atoms with Gasteiger partial charge in [-0.05, 0) is 30.4 Å². The van der Waals surface area contributed by atoms with E-state index in [4.69, 9.17) is 9.47 Å². The zero-order valence-electron chi connectivity index (χ0n) is 13.3. The van der Waals surface area contributed by atoms with E-state index in [9.17, 15) is 0 Å². The predicted molar refractivity (Wildman–Crippen MR) is 86.8 cm³/mol. The van der Waals surface area contributed by atoms with Gasteiger partial charge in [0.15, 0.2) is 0 Å². The average Bonchev–Trinajstić information content (AvgIpc) is 2.53. The molecule has 1 aliphatic rings. The molecule has 4 nitrogen and oxygen atoms in total. The first kappa shape index (κ1) is 16.3. The van der Waals surface area contributed by atoms with E-state index < -0.39 is 0 Å². The Morgan fingerprint density at radius 3 is 2.81 bits per heavy atom. The van der Waals surface area contributed by atoms with E-state index >= 15 is 0 Å². The van der Waals surface area contributed by atoms with Gasteiger partial charge in [0.05, 0.1) is 6.61 Å². The molecule has 0 saturated carbocycles. The van der Waals surface area contributed by atoms with Crippen LogP contribution in [-0.4, -0.2) is 47.1 Å². The third-order valence-corrected chi connectivity index (χ3v) is 4.07. The summed E-state index contributed by atoms with van der Waals surface area (Å²) in [7, 11) is 3.93. The molecule has 1 saturated heterocycles. The topological polar surface area (TPSA) is 33.7 Å². The highest BCUT2D eigenvalue weighted by Gasteiger charge is 2.17. The fourth-order valence-corrected chi connectivity index (χ4v) is 2.84. The minimum atomic E-state index is 0.748. The molecule has 1 fully saturated rings. The summed E-state index contributed by atoms with van der Waals surface area (Å²) in [5.41, 5.74) is 2.68. The Morgan fingerprint density at radius 2 is 2.05 bits per heavy atom. The number of ether oxygens (including phenoxy) is 2. The van der Waals surface area contributed by atoms with E-state index in [0.29, 0.717) is 0 Å². The van der Waals surface area contributed by atoms with Crippen LogP contribution in [0.25, 0.3) is 0 Å². The summed E-state index contributed by atoms with van der Waals surface area (Å²) < 4.78 is 10.5. The van der Waals surface area contributed by atoms with E-state index in [-0.39, 0.29) is 0 Å². The molecule has 21 heavy (non-hydrogen) atoms. The first-order valence-electron chi connectivity index (χ1n) is 7.87. The van der Waals surface area contributed by atoms with Crippen LogP contribution in [0.1, 0.15) is 18.4 Å². The number of hydrogen-bond acceptors (Lipinski definition) is 4. The minimum Gasteiger partial charge on any atom is -0.383 e. The molecule has 0 radical (unpaired) electrons. The Balaban J connectivity index is 1.90. The first-order valence-corrected chi connectivity index (χ1v) is 7.87. The van der Waals surface area contributed by atoms with Crippen molar-refractivity contribution in [3.8, 4) is 0 Å². The number of rotatable bonds is 8. The predicted octanol–water partition coefficient (Wildman–Crippen LogP) is 2.29. The van der Waals surface area contributed by atoms with Gasteiger partial charge in [-0.25, -0.2) is 0 Å². The zero-order chi connectivity index (χ0) is 14.9. The molecule has 0 atom stereocenters. The van der Waals surface area contributed by atoms with Gasteiger partial charge in [-0.1, -0.05) is 18.2 Å². The van der Waals surface area contributed by atoms with Crippen molar-refractivity contribution in [2.45, 2.75) is 19.4 Å². The van der Waals surface area contributed by atoms with Crippen LogP contribution in [-0.2, 0) is 16.0 Å². The molecule has 0 amide bonds. The second kappa shape index (κ2) is 9.03. The molecule has 2 rings (SSSR count). The van der Waals surface area contributed by atoms with Gasteiger partial charge in [0.1, 0.15) is 0 Å². The highest BCUT2D eigenvalue weighted by molar-refractivity contribution is 5.53. The van der Waals surface area contributed by atoms with Gasteiger partial charge < -0.3 is 19.7 Å². The molecule has 1 aliphatic heterocycles. The smallest absolute Gasteiger partial charge is 0.0587 e. The molecule has 4 heteroatoms.